The molecule has 0 radical (unpaired) electrons. The average molecular weight is 199 g/mol. The fourth-order valence-corrected chi connectivity index (χ4v) is 2.68. The van der Waals surface area contributed by atoms with Crippen molar-refractivity contribution in [3.8, 4) is 0 Å². The van der Waals surface area contributed by atoms with Crippen LogP contribution in [0.2, 0.25) is 0 Å². The van der Waals surface area contributed by atoms with Crippen LogP contribution in [-0.2, 0) is 4.74 Å². The molecule has 0 aromatic carbocycles. The maximum Gasteiger partial charge on any atom is 0.0695 e. The van der Waals surface area contributed by atoms with Gasteiger partial charge in [0.15, 0.2) is 0 Å². The first-order chi connectivity index (χ1) is 6.79. The maximum absolute atomic E-state index is 9.92. The molecule has 82 valence electrons. The number of aliphatic hydroxyl groups is 1. The molecule has 0 amide bonds. The molecule has 0 aromatic heterocycles. The molecule has 3 nitrogen and oxygen atoms in total. The second-order valence-electron chi connectivity index (χ2n) is 4.60. The predicted molar refractivity (Wildman–Crippen MR) is 55.2 cm³/mol. The number of rotatable bonds is 2. The van der Waals surface area contributed by atoms with E-state index in [0.717, 1.165) is 32.5 Å². The highest BCUT2D eigenvalue weighted by atomic mass is 16.5. The molecule has 1 aliphatic carbocycles. The summed E-state index contributed by atoms with van der Waals surface area (Å²) in [5, 5.41) is 9.92. The van der Waals surface area contributed by atoms with Gasteiger partial charge in [0, 0.05) is 18.7 Å². The van der Waals surface area contributed by atoms with Crippen molar-refractivity contribution in [3.63, 3.8) is 0 Å². The van der Waals surface area contributed by atoms with E-state index < -0.39 is 0 Å². The van der Waals surface area contributed by atoms with E-state index in [1.165, 1.54) is 12.8 Å². The van der Waals surface area contributed by atoms with E-state index in [1.807, 2.05) is 0 Å². The summed E-state index contributed by atoms with van der Waals surface area (Å²) in [5.74, 6) is 0. The van der Waals surface area contributed by atoms with Crippen molar-refractivity contribution in [1.82, 2.24) is 4.90 Å². The van der Waals surface area contributed by atoms with Gasteiger partial charge in [-0.25, -0.2) is 0 Å². The zero-order chi connectivity index (χ0) is 9.97. The Morgan fingerprint density at radius 3 is 2.64 bits per heavy atom. The third kappa shape index (κ3) is 2.10. The largest absolute Gasteiger partial charge is 0.391 e. The molecular formula is C11H21NO2. The van der Waals surface area contributed by atoms with Crippen molar-refractivity contribution >= 4 is 0 Å². The van der Waals surface area contributed by atoms with Gasteiger partial charge < -0.3 is 9.84 Å². The summed E-state index contributed by atoms with van der Waals surface area (Å²) in [7, 11) is 2.14. The van der Waals surface area contributed by atoms with E-state index in [-0.39, 0.29) is 6.10 Å². The quantitative estimate of drug-likeness (QED) is 0.720. The Kier molecular flexibility index (Phi) is 3.42. The summed E-state index contributed by atoms with van der Waals surface area (Å²) in [6.45, 7) is 1.73. The van der Waals surface area contributed by atoms with Crippen LogP contribution >= 0.6 is 0 Å². The summed E-state index contributed by atoms with van der Waals surface area (Å²) in [4.78, 5) is 2.34. The Morgan fingerprint density at radius 1 is 1.21 bits per heavy atom. The standard InChI is InChI=1S/C11H21NO2/c1-12(9-6-7-14-8-9)10-4-2-3-5-11(10)13/h9-11,13H,2-8H2,1H3/t9?,10-,11-/m1/s1. The van der Waals surface area contributed by atoms with Gasteiger partial charge in [-0.1, -0.05) is 12.8 Å². The Bertz CT molecular complexity index is 180. The van der Waals surface area contributed by atoms with Crippen molar-refractivity contribution in [2.75, 3.05) is 20.3 Å². The summed E-state index contributed by atoms with van der Waals surface area (Å²) >= 11 is 0. The van der Waals surface area contributed by atoms with Crippen molar-refractivity contribution in [3.05, 3.63) is 0 Å². The molecule has 1 aliphatic heterocycles. The van der Waals surface area contributed by atoms with Crippen LogP contribution in [0.5, 0.6) is 0 Å². The van der Waals surface area contributed by atoms with E-state index in [0.29, 0.717) is 12.1 Å². The lowest BCUT2D eigenvalue weighted by molar-refractivity contribution is 0.0105. The molecule has 1 saturated carbocycles. The number of hydrogen-bond acceptors (Lipinski definition) is 3. The molecule has 1 saturated heterocycles. The molecule has 1 heterocycles. The molecule has 2 fully saturated rings. The first kappa shape index (κ1) is 10.4. The van der Waals surface area contributed by atoms with Gasteiger partial charge >= 0.3 is 0 Å². The third-order valence-electron chi connectivity index (χ3n) is 3.70. The van der Waals surface area contributed by atoms with Gasteiger partial charge in [-0.05, 0) is 26.3 Å². The highest BCUT2D eigenvalue weighted by Gasteiger charge is 2.32. The lowest BCUT2D eigenvalue weighted by Crippen LogP contribution is -2.48. The highest BCUT2D eigenvalue weighted by Crippen LogP contribution is 2.25. The van der Waals surface area contributed by atoms with Crippen LogP contribution in [0.3, 0.4) is 0 Å². The fourth-order valence-electron chi connectivity index (χ4n) is 2.68. The molecule has 1 unspecified atom stereocenters. The number of aliphatic hydroxyl groups excluding tert-OH is 1. The van der Waals surface area contributed by atoms with Crippen molar-refractivity contribution in [2.24, 2.45) is 0 Å². The molecule has 2 rings (SSSR count). The zero-order valence-electron chi connectivity index (χ0n) is 8.98. The summed E-state index contributed by atoms with van der Waals surface area (Å²) in [6.07, 6.45) is 5.58. The second-order valence-corrected chi connectivity index (χ2v) is 4.60. The Balaban J connectivity index is 1.91. The van der Waals surface area contributed by atoms with E-state index in [9.17, 15) is 5.11 Å². The minimum absolute atomic E-state index is 0.116. The molecule has 1 N–H and O–H groups in total. The summed E-state index contributed by atoms with van der Waals surface area (Å²) in [6, 6.07) is 0.906. The topological polar surface area (TPSA) is 32.7 Å². The molecular weight excluding hydrogens is 178 g/mol. The first-order valence-corrected chi connectivity index (χ1v) is 5.77. The van der Waals surface area contributed by atoms with Crippen LogP contribution in [-0.4, -0.2) is 48.5 Å². The molecule has 0 aromatic rings. The Labute approximate surface area is 86.0 Å². The number of ether oxygens (including phenoxy) is 1. The Morgan fingerprint density at radius 2 is 2.00 bits per heavy atom. The van der Waals surface area contributed by atoms with Crippen LogP contribution in [0, 0.1) is 0 Å². The van der Waals surface area contributed by atoms with Gasteiger partial charge in [-0.3, -0.25) is 4.90 Å². The van der Waals surface area contributed by atoms with Gasteiger partial charge in [0.05, 0.1) is 12.7 Å². The summed E-state index contributed by atoms with van der Waals surface area (Å²) in [5.41, 5.74) is 0. The molecule has 2 aliphatic rings. The van der Waals surface area contributed by atoms with Crippen LogP contribution < -0.4 is 0 Å². The number of nitrogens with zero attached hydrogens (tertiary/aromatic N) is 1. The van der Waals surface area contributed by atoms with Gasteiger partial charge in [0.25, 0.3) is 0 Å². The van der Waals surface area contributed by atoms with Gasteiger partial charge in [0.2, 0.25) is 0 Å². The van der Waals surface area contributed by atoms with Crippen molar-refractivity contribution in [1.29, 1.82) is 0 Å². The number of hydrogen-bond donors (Lipinski definition) is 1. The third-order valence-corrected chi connectivity index (χ3v) is 3.70. The highest BCUT2D eigenvalue weighted by molar-refractivity contribution is 4.86. The van der Waals surface area contributed by atoms with Gasteiger partial charge in [0.1, 0.15) is 0 Å². The van der Waals surface area contributed by atoms with E-state index in [1.54, 1.807) is 0 Å². The first-order valence-electron chi connectivity index (χ1n) is 5.77. The predicted octanol–water partition coefficient (Wildman–Crippen LogP) is 1.01. The Hall–Kier alpha value is -0.120. The van der Waals surface area contributed by atoms with Crippen LogP contribution in [0.1, 0.15) is 32.1 Å². The minimum atomic E-state index is -0.116. The maximum atomic E-state index is 9.92. The van der Waals surface area contributed by atoms with Crippen LogP contribution in [0.15, 0.2) is 0 Å². The molecule has 0 spiro atoms. The zero-order valence-corrected chi connectivity index (χ0v) is 8.98. The van der Waals surface area contributed by atoms with Crippen molar-refractivity contribution < 1.29 is 9.84 Å². The summed E-state index contributed by atoms with van der Waals surface area (Å²) < 4.78 is 5.38. The second kappa shape index (κ2) is 4.60. The van der Waals surface area contributed by atoms with E-state index in [4.69, 9.17) is 4.74 Å². The lowest BCUT2D eigenvalue weighted by Gasteiger charge is -2.38. The average Bonchev–Trinajstić information content (AvgIpc) is 2.70. The molecule has 3 heteroatoms. The number of likely N-dealkylation sites (N-methyl/N-ethyl adjacent to an activating group) is 1. The monoisotopic (exact) mass is 199 g/mol. The molecule has 3 atom stereocenters. The molecule has 14 heavy (non-hydrogen) atoms. The smallest absolute Gasteiger partial charge is 0.0695 e. The SMILES string of the molecule is CN(C1CCOC1)[C@@H]1CCCC[C@H]1O. The van der Waals surface area contributed by atoms with Crippen LogP contribution in [0.4, 0.5) is 0 Å². The lowest BCUT2D eigenvalue weighted by atomic mass is 9.91. The van der Waals surface area contributed by atoms with E-state index in [2.05, 4.69) is 11.9 Å². The fraction of sp³-hybridized carbons (Fsp3) is 1.00. The van der Waals surface area contributed by atoms with Crippen LogP contribution in [0.25, 0.3) is 0 Å². The van der Waals surface area contributed by atoms with Crippen molar-refractivity contribution in [2.45, 2.75) is 50.3 Å². The minimum Gasteiger partial charge on any atom is -0.391 e. The van der Waals surface area contributed by atoms with Gasteiger partial charge in [-0.15, -0.1) is 0 Å². The van der Waals surface area contributed by atoms with Gasteiger partial charge in [-0.2, -0.15) is 0 Å². The van der Waals surface area contributed by atoms with E-state index >= 15 is 0 Å². The normalized spacial score (nSPS) is 39.2. The molecule has 0 bridgehead atoms.